The Hall–Kier alpha value is -0.670. The lowest BCUT2D eigenvalue weighted by atomic mass is 10.2. The van der Waals surface area contributed by atoms with Crippen LogP contribution in [0.5, 0.6) is 0 Å². The Bertz CT molecular complexity index is 258. The molecule has 1 aromatic rings. The quantitative estimate of drug-likeness (QED) is 0.714. The number of carboxylic acid groups (broad SMARTS) is 1. The van der Waals surface area contributed by atoms with Gasteiger partial charge in [-0.25, -0.2) is 4.79 Å². The molecule has 0 radical (unpaired) electrons. The summed E-state index contributed by atoms with van der Waals surface area (Å²) in [6.07, 6.45) is 0. The molecule has 0 aliphatic heterocycles. The summed E-state index contributed by atoms with van der Waals surface area (Å²) in [7, 11) is 0. The van der Waals surface area contributed by atoms with E-state index >= 15 is 0 Å². The van der Waals surface area contributed by atoms with Crippen LogP contribution < -0.4 is 0 Å². The third-order valence-corrected chi connectivity index (χ3v) is 1.91. The highest BCUT2D eigenvalue weighted by Gasteiger charge is 1.98. The third-order valence-electron chi connectivity index (χ3n) is 1.23. The van der Waals surface area contributed by atoms with Crippen LogP contribution in [0, 0.1) is 6.92 Å². The maximum atomic E-state index is 10.2. The average molecular weight is 205 g/mol. The van der Waals surface area contributed by atoms with E-state index in [-0.39, 0.29) is 12.4 Å². The molecular weight excluding hydrogens is 196 g/mol. The van der Waals surface area contributed by atoms with Crippen molar-refractivity contribution >= 4 is 29.5 Å². The van der Waals surface area contributed by atoms with Crippen LogP contribution in [0.25, 0.3) is 0 Å². The first kappa shape index (κ1) is 11.3. The van der Waals surface area contributed by atoms with Gasteiger partial charge in [-0.15, -0.1) is 12.4 Å². The molecule has 0 aliphatic rings. The van der Waals surface area contributed by atoms with Crippen LogP contribution in [-0.4, -0.2) is 10.4 Å². The van der Waals surface area contributed by atoms with E-state index < -0.39 is 5.30 Å². The molecule has 0 bridgehead atoms. The van der Waals surface area contributed by atoms with Gasteiger partial charge in [-0.05, 0) is 30.8 Å². The van der Waals surface area contributed by atoms with Crippen molar-refractivity contribution in [3.05, 3.63) is 29.8 Å². The molecule has 0 saturated carbocycles. The van der Waals surface area contributed by atoms with Crippen LogP contribution in [0.3, 0.4) is 0 Å². The maximum Gasteiger partial charge on any atom is 0.369 e. The van der Waals surface area contributed by atoms with E-state index in [1.165, 1.54) is 0 Å². The lowest BCUT2D eigenvalue weighted by molar-refractivity contribution is 0.222. The topological polar surface area (TPSA) is 37.3 Å². The summed E-state index contributed by atoms with van der Waals surface area (Å²) in [5.74, 6) is 0. The first-order valence-electron chi connectivity index (χ1n) is 3.16. The number of thioether (sulfide) groups is 1. The number of benzene rings is 1. The Morgan fingerprint density at radius 1 is 1.33 bits per heavy atom. The molecule has 66 valence electrons. The fraction of sp³-hybridized carbons (Fsp3) is 0.125. The minimum Gasteiger partial charge on any atom is -0.473 e. The predicted molar refractivity (Wildman–Crippen MR) is 52.3 cm³/mol. The van der Waals surface area contributed by atoms with Crippen molar-refractivity contribution < 1.29 is 9.90 Å². The van der Waals surface area contributed by atoms with Crippen molar-refractivity contribution in [3.63, 3.8) is 0 Å². The summed E-state index contributed by atoms with van der Waals surface area (Å²) in [5, 5.41) is 7.53. The molecule has 0 aliphatic carbocycles. The predicted octanol–water partition coefficient (Wildman–Crippen LogP) is 3.19. The minimum absolute atomic E-state index is 0. The van der Waals surface area contributed by atoms with Crippen molar-refractivity contribution in [2.24, 2.45) is 0 Å². The Balaban J connectivity index is 0.00000121. The third kappa shape index (κ3) is 3.64. The van der Waals surface area contributed by atoms with Gasteiger partial charge in [0.05, 0.1) is 0 Å². The van der Waals surface area contributed by atoms with Crippen LogP contribution in [0.15, 0.2) is 29.2 Å². The Kier molecular flexibility index (Phi) is 4.78. The molecule has 0 heterocycles. The van der Waals surface area contributed by atoms with Crippen molar-refractivity contribution in [2.45, 2.75) is 11.8 Å². The molecule has 2 nitrogen and oxygen atoms in total. The van der Waals surface area contributed by atoms with E-state index in [1.54, 1.807) is 12.1 Å². The van der Waals surface area contributed by atoms with Gasteiger partial charge in [0.1, 0.15) is 0 Å². The molecule has 1 N–H and O–H groups in total. The van der Waals surface area contributed by atoms with Crippen LogP contribution in [-0.2, 0) is 0 Å². The van der Waals surface area contributed by atoms with Gasteiger partial charge in [-0.2, -0.15) is 0 Å². The maximum absolute atomic E-state index is 10.2. The summed E-state index contributed by atoms with van der Waals surface area (Å²) < 4.78 is 0. The zero-order valence-electron chi connectivity index (χ0n) is 6.48. The van der Waals surface area contributed by atoms with Gasteiger partial charge in [0, 0.05) is 4.90 Å². The standard InChI is InChI=1S/C8H8O2S.ClH/c1-6-2-4-7(5-3-6)11-8(9)10;/h2-5H,1H3,(H,9,10);1H. The normalized spacial score (nSPS) is 8.75. The fourth-order valence-electron chi connectivity index (χ4n) is 0.707. The molecule has 1 rings (SSSR count). The van der Waals surface area contributed by atoms with Crippen LogP contribution in [0.2, 0.25) is 0 Å². The first-order chi connectivity index (χ1) is 5.18. The molecule has 4 heteroatoms. The zero-order valence-corrected chi connectivity index (χ0v) is 8.11. The van der Waals surface area contributed by atoms with E-state index in [9.17, 15) is 4.79 Å². The van der Waals surface area contributed by atoms with E-state index in [1.807, 2.05) is 19.1 Å². The fourth-order valence-corrected chi connectivity index (χ4v) is 1.18. The Labute approximate surface area is 81.4 Å². The van der Waals surface area contributed by atoms with Gasteiger partial charge < -0.3 is 5.11 Å². The van der Waals surface area contributed by atoms with Gasteiger partial charge in [-0.3, -0.25) is 0 Å². The Morgan fingerprint density at radius 2 is 1.83 bits per heavy atom. The number of hydrogen-bond acceptors (Lipinski definition) is 2. The van der Waals surface area contributed by atoms with Gasteiger partial charge in [0.2, 0.25) is 0 Å². The van der Waals surface area contributed by atoms with Crippen molar-refractivity contribution in [1.82, 2.24) is 0 Å². The smallest absolute Gasteiger partial charge is 0.369 e. The molecule has 0 unspecified atom stereocenters. The molecule has 1 aromatic carbocycles. The lowest BCUT2D eigenvalue weighted by Crippen LogP contribution is -1.82. The zero-order chi connectivity index (χ0) is 8.27. The molecular formula is C8H9ClO2S. The van der Waals surface area contributed by atoms with Crippen molar-refractivity contribution in [2.75, 3.05) is 0 Å². The van der Waals surface area contributed by atoms with Gasteiger partial charge in [-0.1, -0.05) is 17.7 Å². The molecule has 0 aromatic heterocycles. The highest BCUT2D eigenvalue weighted by Crippen LogP contribution is 2.18. The van der Waals surface area contributed by atoms with Crippen LogP contribution >= 0.6 is 24.2 Å². The number of rotatable bonds is 1. The summed E-state index contributed by atoms with van der Waals surface area (Å²) in [6.45, 7) is 1.97. The molecule has 0 fully saturated rings. The monoisotopic (exact) mass is 204 g/mol. The second kappa shape index (κ2) is 5.06. The van der Waals surface area contributed by atoms with E-state index in [4.69, 9.17) is 5.11 Å². The molecule has 0 spiro atoms. The summed E-state index contributed by atoms with van der Waals surface area (Å²) in [6, 6.07) is 7.39. The van der Waals surface area contributed by atoms with Gasteiger partial charge in [0.15, 0.2) is 0 Å². The second-order valence-corrected chi connectivity index (χ2v) is 3.21. The number of hydrogen-bond donors (Lipinski definition) is 1. The molecule has 0 atom stereocenters. The highest BCUT2D eigenvalue weighted by atomic mass is 35.5. The molecule has 0 saturated heterocycles. The summed E-state index contributed by atoms with van der Waals surface area (Å²) >= 11 is 0.824. The van der Waals surface area contributed by atoms with Gasteiger partial charge in [0.25, 0.3) is 0 Å². The number of halogens is 1. The first-order valence-corrected chi connectivity index (χ1v) is 3.97. The van der Waals surface area contributed by atoms with E-state index in [0.717, 1.165) is 22.2 Å². The van der Waals surface area contributed by atoms with E-state index in [2.05, 4.69) is 0 Å². The summed E-state index contributed by atoms with van der Waals surface area (Å²) in [5.41, 5.74) is 1.14. The number of carbonyl (C=O) groups is 1. The SMILES string of the molecule is Cc1ccc(SC(=O)O)cc1.Cl. The largest absolute Gasteiger partial charge is 0.473 e. The van der Waals surface area contributed by atoms with Crippen LogP contribution in [0.1, 0.15) is 5.56 Å². The number of aryl methyl sites for hydroxylation is 1. The molecule has 12 heavy (non-hydrogen) atoms. The van der Waals surface area contributed by atoms with Gasteiger partial charge >= 0.3 is 5.30 Å². The van der Waals surface area contributed by atoms with Crippen molar-refractivity contribution in [1.29, 1.82) is 0 Å². The average Bonchev–Trinajstić information content (AvgIpc) is 1.93. The van der Waals surface area contributed by atoms with E-state index in [0.29, 0.717) is 0 Å². The highest BCUT2D eigenvalue weighted by molar-refractivity contribution is 8.13. The lowest BCUT2D eigenvalue weighted by Gasteiger charge is -1.95. The second-order valence-electron chi connectivity index (χ2n) is 2.18. The molecule has 0 amide bonds. The summed E-state index contributed by atoms with van der Waals surface area (Å²) in [4.78, 5) is 11.0. The Morgan fingerprint density at radius 3 is 2.25 bits per heavy atom. The minimum atomic E-state index is -0.867. The van der Waals surface area contributed by atoms with Crippen molar-refractivity contribution in [3.8, 4) is 0 Å². The van der Waals surface area contributed by atoms with Crippen LogP contribution in [0.4, 0.5) is 4.79 Å².